The Balaban J connectivity index is 2.45. The van der Waals surface area contributed by atoms with Gasteiger partial charge in [0.05, 0.1) is 6.54 Å². The van der Waals surface area contributed by atoms with Crippen LogP contribution in [0.2, 0.25) is 0 Å². The van der Waals surface area contributed by atoms with E-state index in [0.717, 1.165) is 16.5 Å². The van der Waals surface area contributed by atoms with E-state index in [1.54, 1.807) is 22.9 Å². The first-order valence-electron chi connectivity index (χ1n) is 6.37. The number of aryl methyl sites for hydroxylation is 1. The van der Waals surface area contributed by atoms with Gasteiger partial charge in [-0.3, -0.25) is 9.36 Å². The summed E-state index contributed by atoms with van der Waals surface area (Å²) in [6.07, 6.45) is 2.38. The molecule has 106 valence electrons. The Morgan fingerprint density at radius 1 is 1.25 bits per heavy atom. The van der Waals surface area contributed by atoms with Gasteiger partial charge in [-0.2, -0.15) is 0 Å². The van der Waals surface area contributed by atoms with Crippen molar-refractivity contribution in [2.24, 2.45) is 0 Å². The van der Waals surface area contributed by atoms with E-state index in [-0.39, 0.29) is 17.8 Å². The van der Waals surface area contributed by atoms with Crippen molar-refractivity contribution in [3.63, 3.8) is 0 Å². The number of hydrogen-bond acceptors (Lipinski definition) is 3. The van der Waals surface area contributed by atoms with Crippen molar-refractivity contribution in [1.82, 2.24) is 9.13 Å². The molecule has 0 unspecified atom stereocenters. The third kappa shape index (κ3) is 3.01. The summed E-state index contributed by atoms with van der Waals surface area (Å²) in [5.41, 5.74) is 6.56. The van der Waals surface area contributed by atoms with Gasteiger partial charge in [-0.15, -0.1) is 0 Å². The van der Waals surface area contributed by atoms with E-state index < -0.39 is 0 Å². The number of nitrogens with zero attached hydrogens (tertiary/aromatic N) is 2. The number of rotatable bonds is 4. The summed E-state index contributed by atoms with van der Waals surface area (Å²) in [6.45, 7) is 2.81. The molecule has 0 atom stereocenters. The van der Waals surface area contributed by atoms with Crippen LogP contribution in [0.25, 0.3) is 0 Å². The monoisotopic (exact) mass is 337 g/mol. The van der Waals surface area contributed by atoms with E-state index in [2.05, 4.69) is 15.9 Å². The molecule has 5 nitrogen and oxygen atoms in total. The van der Waals surface area contributed by atoms with Crippen LogP contribution in [0.4, 0.5) is 5.69 Å². The lowest BCUT2D eigenvalue weighted by atomic mass is 10.2. The predicted octanol–water partition coefficient (Wildman–Crippen LogP) is 1.81. The number of hydrogen-bond donors (Lipinski definition) is 1. The molecule has 20 heavy (non-hydrogen) atoms. The summed E-state index contributed by atoms with van der Waals surface area (Å²) >= 11 is 3.40. The predicted molar refractivity (Wildman–Crippen MR) is 82.9 cm³/mol. The minimum atomic E-state index is -0.300. The fourth-order valence-corrected chi connectivity index (χ4v) is 2.50. The van der Waals surface area contributed by atoms with E-state index in [4.69, 9.17) is 5.73 Å². The first-order valence-corrected chi connectivity index (χ1v) is 7.16. The molecule has 0 amide bonds. The van der Waals surface area contributed by atoms with Gasteiger partial charge in [0, 0.05) is 29.0 Å². The van der Waals surface area contributed by atoms with Crippen LogP contribution < -0.4 is 17.0 Å². The highest BCUT2D eigenvalue weighted by atomic mass is 79.9. The van der Waals surface area contributed by atoms with Crippen LogP contribution in [-0.2, 0) is 13.1 Å². The van der Waals surface area contributed by atoms with E-state index in [9.17, 15) is 9.59 Å². The summed E-state index contributed by atoms with van der Waals surface area (Å²) in [6, 6.07) is 6.73. The molecule has 1 heterocycles. The molecule has 0 radical (unpaired) electrons. The fraction of sp³-hybridized carbons (Fsp3) is 0.286. The Hall–Kier alpha value is -1.82. The van der Waals surface area contributed by atoms with Crippen LogP contribution in [-0.4, -0.2) is 9.13 Å². The van der Waals surface area contributed by atoms with Crippen molar-refractivity contribution in [3.8, 4) is 0 Å². The van der Waals surface area contributed by atoms with Crippen molar-refractivity contribution in [2.45, 2.75) is 26.4 Å². The average molecular weight is 338 g/mol. The zero-order valence-corrected chi connectivity index (χ0v) is 12.8. The lowest BCUT2D eigenvalue weighted by molar-refractivity contribution is 0.570. The highest BCUT2D eigenvalue weighted by Crippen LogP contribution is 2.20. The Labute approximate surface area is 124 Å². The van der Waals surface area contributed by atoms with Crippen LogP contribution in [0.1, 0.15) is 18.9 Å². The largest absolute Gasteiger partial charge is 0.399 e. The van der Waals surface area contributed by atoms with Crippen molar-refractivity contribution >= 4 is 21.6 Å². The summed E-state index contributed by atoms with van der Waals surface area (Å²) in [4.78, 5) is 24.1. The molecule has 6 heteroatoms. The smallest absolute Gasteiger partial charge is 0.331 e. The third-order valence-corrected chi connectivity index (χ3v) is 3.75. The molecule has 0 bridgehead atoms. The van der Waals surface area contributed by atoms with Gasteiger partial charge in [0.1, 0.15) is 0 Å². The second-order valence-corrected chi connectivity index (χ2v) is 5.42. The molecule has 1 aromatic heterocycles. The van der Waals surface area contributed by atoms with Crippen LogP contribution in [0.3, 0.4) is 0 Å². The van der Waals surface area contributed by atoms with Crippen LogP contribution in [0.15, 0.2) is 44.5 Å². The van der Waals surface area contributed by atoms with Gasteiger partial charge >= 0.3 is 5.69 Å². The van der Waals surface area contributed by atoms with Crippen LogP contribution in [0, 0.1) is 0 Å². The topological polar surface area (TPSA) is 70.0 Å². The molecule has 0 aliphatic rings. The number of halogens is 1. The summed E-state index contributed by atoms with van der Waals surface area (Å²) in [7, 11) is 0. The van der Waals surface area contributed by atoms with Gasteiger partial charge in [-0.05, 0) is 24.1 Å². The van der Waals surface area contributed by atoms with Crippen molar-refractivity contribution in [2.75, 3.05) is 5.73 Å². The molecule has 0 saturated carbocycles. The molecule has 0 spiro atoms. The second kappa shape index (κ2) is 6.09. The minimum Gasteiger partial charge on any atom is -0.399 e. The number of nitrogens with two attached hydrogens (primary N) is 1. The van der Waals surface area contributed by atoms with E-state index >= 15 is 0 Å². The number of anilines is 1. The SMILES string of the molecule is CCCn1ccc(=O)n(Cc2ccc(N)cc2Br)c1=O. The number of aromatic nitrogens is 2. The second-order valence-electron chi connectivity index (χ2n) is 4.57. The molecule has 2 aromatic rings. The average Bonchev–Trinajstić information content (AvgIpc) is 2.40. The molecule has 1 aromatic carbocycles. The van der Waals surface area contributed by atoms with Gasteiger partial charge in [0.2, 0.25) is 0 Å². The van der Waals surface area contributed by atoms with Gasteiger partial charge in [-0.1, -0.05) is 28.9 Å². The maximum Gasteiger partial charge on any atom is 0.331 e. The molecule has 0 aliphatic heterocycles. The summed E-state index contributed by atoms with van der Waals surface area (Å²) in [5, 5.41) is 0. The molecule has 0 aliphatic carbocycles. The first kappa shape index (κ1) is 14.6. The lowest BCUT2D eigenvalue weighted by Gasteiger charge is -2.10. The highest BCUT2D eigenvalue weighted by molar-refractivity contribution is 9.10. The molecular weight excluding hydrogens is 322 g/mol. The van der Waals surface area contributed by atoms with E-state index in [1.165, 1.54) is 10.6 Å². The zero-order valence-electron chi connectivity index (χ0n) is 11.2. The quantitative estimate of drug-likeness (QED) is 0.865. The molecular formula is C14H16BrN3O2. The van der Waals surface area contributed by atoms with Crippen molar-refractivity contribution < 1.29 is 0 Å². The first-order chi connectivity index (χ1) is 9.52. The molecule has 0 saturated heterocycles. The Morgan fingerprint density at radius 2 is 2.00 bits per heavy atom. The van der Waals surface area contributed by atoms with Crippen LogP contribution >= 0.6 is 15.9 Å². The Kier molecular flexibility index (Phi) is 4.44. The van der Waals surface area contributed by atoms with Gasteiger partial charge in [0.25, 0.3) is 5.56 Å². The van der Waals surface area contributed by atoms with Gasteiger partial charge in [-0.25, -0.2) is 4.79 Å². The maximum absolute atomic E-state index is 12.2. The standard InChI is InChI=1S/C14H16BrN3O2/c1-2-6-17-7-5-13(19)18(14(17)20)9-10-3-4-11(16)8-12(10)15/h3-5,7-8H,2,6,9,16H2,1H3. The molecule has 2 N–H and O–H groups in total. The van der Waals surface area contributed by atoms with Crippen molar-refractivity contribution in [3.05, 3.63) is 61.3 Å². The Morgan fingerprint density at radius 3 is 2.65 bits per heavy atom. The highest BCUT2D eigenvalue weighted by Gasteiger charge is 2.08. The van der Waals surface area contributed by atoms with Crippen LogP contribution in [0.5, 0.6) is 0 Å². The normalized spacial score (nSPS) is 10.7. The van der Waals surface area contributed by atoms with E-state index in [0.29, 0.717) is 12.2 Å². The molecule has 0 fully saturated rings. The van der Waals surface area contributed by atoms with Gasteiger partial charge in [0.15, 0.2) is 0 Å². The third-order valence-electron chi connectivity index (χ3n) is 3.01. The number of nitrogen functional groups attached to an aromatic ring is 1. The minimum absolute atomic E-state index is 0.225. The summed E-state index contributed by atoms with van der Waals surface area (Å²) in [5.74, 6) is 0. The van der Waals surface area contributed by atoms with Crippen molar-refractivity contribution in [1.29, 1.82) is 0 Å². The number of benzene rings is 1. The maximum atomic E-state index is 12.2. The summed E-state index contributed by atoms with van der Waals surface area (Å²) < 4.78 is 3.56. The zero-order chi connectivity index (χ0) is 14.7. The fourth-order valence-electron chi connectivity index (χ4n) is 1.98. The van der Waals surface area contributed by atoms with Gasteiger partial charge < -0.3 is 10.3 Å². The molecule has 2 rings (SSSR count). The Bertz CT molecular complexity index is 734. The van der Waals surface area contributed by atoms with E-state index in [1.807, 2.05) is 13.0 Å². The lowest BCUT2D eigenvalue weighted by Crippen LogP contribution is -2.39.